The van der Waals surface area contributed by atoms with Gasteiger partial charge in [-0.25, -0.2) is 14.4 Å². The molecule has 0 saturated heterocycles. The van der Waals surface area contributed by atoms with Gasteiger partial charge in [0.25, 0.3) is 0 Å². The number of hydrogen-bond donors (Lipinski definition) is 1. The van der Waals surface area contributed by atoms with E-state index in [9.17, 15) is 4.39 Å². The highest BCUT2D eigenvalue weighted by Gasteiger charge is 2.22. The Morgan fingerprint density at radius 3 is 2.60 bits per heavy atom. The number of nitrogen functional groups attached to an aromatic ring is 1. The normalized spacial score (nSPS) is 10.7. The highest BCUT2D eigenvalue weighted by atomic mass is 35.5. The highest BCUT2D eigenvalue weighted by Crippen LogP contribution is 2.40. The van der Waals surface area contributed by atoms with Crippen molar-refractivity contribution >= 4 is 17.4 Å². The van der Waals surface area contributed by atoms with Gasteiger partial charge in [0.2, 0.25) is 0 Å². The predicted octanol–water partition coefficient (Wildman–Crippen LogP) is 3.17. The summed E-state index contributed by atoms with van der Waals surface area (Å²) < 4.78 is 19.2. The van der Waals surface area contributed by atoms with Gasteiger partial charge in [-0.1, -0.05) is 22.8 Å². The van der Waals surface area contributed by atoms with E-state index < -0.39 is 5.82 Å². The summed E-state index contributed by atoms with van der Waals surface area (Å²) in [5.41, 5.74) is 6.75. The van der Waals surface area contributed by atoms with E-state index in [-0.39, 0.29) is 22.2 Å². The predicted molar refractivity (Wildman–Crippen MR) is 72.3 cm³/mol. The van der Waals surface area contributed by atoms with Crippen LogP contribution in [-0.4, -0.2) is 15.1 Å². The zero-order valence-electron chi connectivity index (χ0n) is 10.0. The van der Waals surface area contributed by atoms with Crippen LogP contribution in [0.25, 0.3) is 22.5 Å². The fourth-order valence-electron chi connectivity index (χ4n) is 1.89. The van der Waals surface area contributed by atoms with E-state index in [4.69, 9.17) is 21.9 Å². The molecule has 1 aromatic carbocycles. The summed E-state index contributed by atoms with van der Waals surface area (Å²) in [6.45, 7) is 0. The number of rotatable bonds is 2. The zero-order valence-corrected chi connectivity index (χ0v) is 10.8. The van der Waals surface area contributed by atoms with Gasteiger partial charge in [0.05, 0.1) is 16.1 Å². The fraction of sp³-hybridized carbons (Fsp3) is 0. The van der Waals surface area contributed by atoms with E-state index in [0.29, 0.717) is 11.1 Å². The average molecular weight is 291 g/mol. The Morgan fingerprint density at radius 2 is 1.90 bits per heavy atom. The van der Waals surface area contributed by atoms with Crippen molar-refractivity contribution in [2.45, 2.75) is 0 Å². The Balaban J connectivity index is 2.28. The van der Waals surface area contributed by atoms with E-state index in [1.54, 1.807) is 6.07 Å². The van der Waals surface area contributed by atoms with Gasteiger partial charge < -0.3 is 10.3 Å². The lowest BCUT2D eigenvalue weighted by Gasteiger charge is -2.06. The summed E-state index contributed by atoms with van der Waals surface area (Å²) in [5.74, 6) is -0.184. The molecule has 0 spiro atoms. The molecular formula is C13H8ClFN4O. The number of aromatic nitrogens is 3. The summed E-state index contributed by atoms with van der Waals surface area (Å²) >= 11 is 6.06. The second kappa shape index (κ2) is 4.90. The molecule has 0 aliphatic heterocycles. The average Bonchev–Trinajstić information content (AvgIpc) is 2.82. The van der Waals surface area contributed by atoms with Crippen molar-refractivity contribution in [3.05, 3.63) is 47.8 Å². The zero-order chi connectivity index (χ0) is 14.1. The van der Waals surface area contributed by atoms with Crippen molar-refractivity contribution in [2.24, 2.45) is 0 Å². The lowest BCUT2D eigenvalue weighted by molar-refractivity contribution is 0.435. The number of nitrogens with two attached hydrogens (primary N) is 1. The van der Waals surface area contributed by atoms with Crippen LogP contribution in [0.1, 0.15) is 0 Å². The van der Waals surface area contributed by atoms with Crippen LogP contribution in [0.3, 0.4) is 0 Å². The molecule has 2 N–H and O–H groups in total. The molecule has 0 unspecified atom stereocenters. The molecule has 7 heteroatoms. The molecule has 0 aliphatic carbocycles. The van der Waals surface area contributed by atoms with Gasteiger partial charge in [0, 0.05) is 18.0 Å². The Kier molecular flexibility index (Phi) is 3.08. The van der Waals surface area contributed by atoms with Gasteiger partial charge in [-0.3, -0.25) is 0 Å². The molecule has 2 aromatic heterocycles. The topological polar surface area (TPSA) is 77.8 Å². The van der Waals surface area contributed by atoms with E-state index in [1.807, 2.05) is 0 Å². The minimum Gasteiger partial charge on any atom is -0.380 e. The maximum atomic E-state index is 14.0. The van der Waals surface area contributed by atoms with Crippen molar-refractivity contribution in [1.82, 2.24) is 15.1 Å². The van der Waals surface area contributed by atoms with E-state index in [0.717, 1.165) is 0 Å². The first-order chi connectivity index (χ1) is 9.68. The molecule has 0 aliphatic rings. The standard InChI is InChI=1S/C13H8ClFN4O/c14-8-2-1-3-9(15)10(8)11-12(20-19-13(11)16)7-4-17-6-18-5-7/h1-6H,(H2,16,19). The maximum Gasteiger partial charge on any atom is 0.180 e. The molecule has 5 nitrogen and oxygen atoms in total. The van der Waals surface area contributed by atoms with Crippen LogP contribution in [0, 0.1) is 5.82 Å². The largest absolute Gasteiger partial charge is 0.380 e. The third-order valence-corrected chi connectivity index (χ3v) is 3.07. The van der Waals surface area contributed by atoms with Gasteiger partial charge >= 0.3 is 0 Å². The minimum absolute atomic E-state index is 0.0517. The number of anilines is 1. The second-order valence-electron chi connectivity index (χ2n) is 4.00. The summed E-state index contributed by atoms with van der Waals surface area (Å²) in [6, 6.07) is 4.37. The van der Waals surface area contributed by atoms with Gasteiger partial charge in [-0.15, -0.1) is 0 Å². The molecule has 0 radical (unpaired) electrons. The smallest absolute Gasteiger partial charge is 0.180 e. The van der Waals surface area contributed by atoms with E-state index >= 15 is 0 Å². The summed E-state index contributed by atoms with van der Waals surface area (Å²) in [5, 5.41) is 3.89. The van der Waals surface area contributed by atoms with Gasteiger partial charge in [0.15, 0.2) is 11.6 Å². The quantitative estimate of drug-likeness (QED) is 0.784. The highest BCUT2D eigenvalue weighted by molar-refractivity contribution is 6.33. The number of benzene rings is 1. The molecule has 3 aromatic rings. The minimum atomic E-state index is -0.509. The Hall–Kier alpha value is -2.47. The SMILES string of the molecule is Nc1noc(-c2cncnc2)c1-c1c(F)cccc1Cl. The number of halogens is 2. The molecule has 3 rings (SSSR count). The molecule has 0 atom stereocenters. The van der Waals surface area contributed by atoms with Crippen LogP contribution in [0.2, 0.25) is 5.02 Å². The monoisotopic (exact) mass is 290 g/mol. The molecule has 20 heavy (non-hydrogen) atoms. The van der Waals surface area contributed by atoms with Gasteiger partial charge in [-0.2, -0.15) is 0 Å². The first kappa shape index (κ1) is 12.6. The molecule has 0 saturated carbocycles. The fourth-order valence-corrected chi connectivity index (χ4v) is 2.15. The van der Waals surface area contributed by atoms with Crippen LogP contribution in [0.5, 0.6) is 0 Å². The third-order valence-electron chi connectivity index (χ3n) is 2.75. The maximum absolute atomic E-state index is 14.0. The Morgan fingerprint density at radius 1 is 1.15 bits per heavy atom. The van der Waals surface area contributed by atoms with Crippen molar-refractivity contribution in [3.63, 3.8) is 0 Å². The molecule has 0 amide bonds. The lowest BCUT2D eigenvalue weighted by atomic mass is 10.0. The third kappa shape index (κ3) is 2.00. The summed E-state index contributed by atoms with van der Waals surface area (Å²) in [6.07, 6.45) is 4.41. The molecule has 100 valence electrons. The van der Waals surface area contributed by atoms with E-state index in [2.05, 4.69) is 15.1 Å². The first-order valence-electron chi connectivity index (χ1n) is 5.63. The van der Waals surface area contributed by atoms with Crippen molar-refractivity contribution in [2.75, 3.05) is 5.73 Å². The second-order valence-corrected chi connectivity index (χ2v) is 4.40. The molecule has 2 heterocycles. The van der Waals surface area contributed by atoms with Crippen LogP contribution >= 0.6 is 11.6 Å². The molecular weight excluding hydrogens is 283 g/mol. The lowest BCUT2D eigenvalue weighted by Crippen LogP contribution is -1.93. The molecule has 0 bridgehead atoms. The van der Waals surface area contributed by atoms with Crippen LogP contribution in [-0.2, 0) is 0 Å². The summed E-state index contributed by atoms with van der Waals surface area (Å²) in [4.78, 5) is 7.77. The van der Waals surface area contributed by atoms with Gasteiger partial charge in [0.1, 0.15) is 12.1 Å². The van der Waals surface area contributed by atoms with Crippen LogP contribution in [0.4, 0.5) is 10.2 Å². The molecule has 0 fully saturated rings. The van der Waals surface area contributed by atoms with Crippen molar-refractivity contribution < 1.29 is 8.91 Å². The van der Waals surface area contributed by atoms with Crippen molar-refractivity contribution in [3.8, 4) is 22.5 Å². The van der Waals surface area contributed by atoms with Crippen LogP contribution in [0.15, 0.2) is 41.4 Å². The first-order valence-corrected chi connectivity index (χ1v) is 6.01. The van der Waals surface area contributed by atoms with E-state index in [1.165, 1.54) is 30.9 Å². The number of hydrogen-bond acceptors (Lipinski definition) is 5. The number of nitrogens with zero attached hydrogens (tertiary/aromatic N) is 3. The van der Waals surface area contributed by atoms with Crippen LogP contribution < -0.4 is 5.73 Å². The summed E-state index contributed by atoms with van der Waals surface area (Å²) in [7, 11) is 0. The van der Waals surface area contributed by atoms with Crippen molar-refractivity contribution in [1.29, 1.82) is 0 Å². The van der Waals surface area contributed by atoms with Gasteiger partial charge in [-0.05, 0) is 12.1 Å². The Bertz CT molecular complexity index is 740. The Labute approximate surface area is 118 Å².